The van der Waals surface area contributed by atoms with Crippen molar-refractivity contribution in [3.63, 3.8) is 0 Å². The molecule has 0 bridgehead atoms. The van der Waals surface area contributed by atoms with E-state index >= 15 is 0 Å². The number of hydrogen-bond acceptors (Lipinski definition) is 5. The van der Waals surface area contributed by atoms with Crippen LogP contribution in [0.1, 0.15) is 19.6 Å². The lowest BCUT2D eigenvalue weighted by molar-refractivity contribution is 0.0210. The first-order chi connectivity index (χ1) is 6.54. The summed E-state index contributed by atoms with van der Waals surface area (Å²) in [6, 6.07) is 3.20. The number of nitriles is 1. The summed E-state index contributed by atoms with van der Waals surface area (Å²) in [7, 11) is 1.43. The van der Waals surface area contributed by atoms with Crippen LogP contribution in [-0.4, -0.2) is 17.4 Å². The quantitative estimate of drug-likeness (QED) is 0.731. The molecule has 0 aliphatic heterocycles. The summed E-state index contributed by atoms with van der Waals surface area (Å²) >= 11 is 0. The first-order valence-electron chi connectivity index (χ1n) is 4.19. The summed E-state index contributed by atoms with van der Waals surface area (Å²) < 4.78 is 9.61. The Morgan fingerprint density at radius 2 is 2.36 bits per heavy atom. The normalized spacial score (nSPS) is 14.9. The Labute approximate surface area is 81.9 Å². The second kappa shape index (κ2) is 3.68. The summed E-state index contributed by atoms with van der Waals surface area (Å²) in [5.41, 5.74) is -1.65. The Morgan fingerprint density at radius 3 is 2.71 bits per heavy atom. The van der Waals surface area contributed by atoms with Gasteiger partial charge in [0.25, 0.3) is 5.88 Å². The van der Waals surface area contributed by atoms with E-state index in [1.54, 1.807) is 19.9 Å². The van der Waals surface area contributed by atoms with Crippen LogP contribution in [0.4, 0.5) is 0 Å². The van der Waals surface area contributed by atoms with Crippen molar-refractivity contribution in [3.05, 3.63) is 11.8 Å². The van der Waals surface area contributed by atoms with Gasteiger partial charge in [0, 0.05) is 12.0 Å². The zero-order valence-electron chi connectivity index (χ0n) is 8.31. The van der Waals surface area contributed by atoms with E-state index in [4.69, 9.17) is 14.5 Å². The van der Waals surface area contributed by atoms with E-state index in [1.165, 1.54) is 13.2 Å². The van der Waals surface area contributed by atoms with Crippen molar-refractivity contribution >= 4 is 0 Å². The van der Waals surface area contributed by atoms with E-state index < -0.39 is 5.60 Å². The lowest BCUT2D eigenvalue weighted by atomic mass is 9.89. The van der Waals surface area contributed by atoms with Crippen LogP contribution in [0, 0.1) is 17.2 Å². The van der Waals surface area contributed by atoms with Crippen molar-refractivity contribution in [2.75, 3.05) is 7.11 Å². The molecule has 0 radical (unpaired) electrons. The minimum absolute atomic E-state index is 0.104. The molecule has 0 amide bonds. The van der Waals surface area contributed by atoms with Gasteiger partial charge in [-0.05, 0) is 5.16 Å². The molecule has 1 heterocycles. The number of aromatic nitrogens is 1. The van der Waals surface area contributed by atoms with Gasteiger partial charge in [0.1, 0.15) is 6.07 Å². The Kier molecular flexibility index (Phi) is 2.77. The second-order valence-corrected chi connectivity index (χ2v) is 3.27. The van der Waals surface area contributed by atoms with Crippen LogP contribution in [0.2, 0.25) is 0 Å². The average Bonchev–Trinajstić information content (AvgIpc) is 2.64. The highest BCUT2D eigenvalue weighted by atomic mass is 16.5. The van der Waals surface area contributed by atoms with E-state index in [9.17, 15) is 5.11 Å². The predicted molar refractivity (Wildman–Crippen MR) is 47.4 cm³/mol. The largest absolute Gasteiger partial charge is 0.479 e. The smallest absolute Gasteiger partial charge is 0.254 e. The fourth-order valence-corrected chi connectivity index (χ4v) is 1.00. The summed E-state index contributed by atoms with van der Waals surface area (Å²) in [4.78, 5) is 0. The van der Waals surface area contributed by atoms with E-state index in [0.717, 1.165) is 0 Å². The lowest BCUT2D eigenvalue weighted by Crippen LogP contribution is -2.29. The first kappa shape index (κ1) is 10.5. The van der Waals surface area contributed by atoms with Gasteiger partial charge in [0.05, 0.1) is 7.11 Å². The molecule has 14 heavy (non-hydrogen) atoms. The van der Waals surface area contributed by atoms with E-state index in [2.05, 4.69) is 5.16 Å². The van der Waals surface area contributed by atoms with Crippen LogP contribution in [0.15, 0.2) is 10.6 Å². The van der Waals surface area contributed by atoms with Crippen molar-refractivity contribution in [3.8, 4) is 11.9 Å². The monoisotopic (exact) mass is 196 g/mol. The minimum Gasteiger partial charge on any atom is -0.479 e. The Morgan fingerprint density at radius 1 is 1.71 bits per heavy atom. The first-order valence-corrected chi connectivity index (χ1v) is 4.19. The molecule has 0 saturated heterocycles. The van der Waals surface area contributed by atoms with Crippen LogP contribution in [0.5, 0.6) is 5.88 Å². The topological polar surface area (TPSA) is 79.3 Å². The summed E-state index contributed by atoms with van der Waals surface area (Å²) in [5.74, 6) is 0.0614. The molecule has 0 aliphatic carbocycles. The highest BCUT2D eigenvalue weighted by Crippen LogP contribution is 2.30. The molecule has 1 atom stereocenters. The highest BCUT2D eigenvalue weighted by molar-refractivity contribution is 5.23. The SMILES string of the molecule is COc1cc(C(O)(C#N)C(C)C)on1. The Hall–Kier alpha value is -1.54. The molecule has 1 N–H and O–H groups in total. The van der Waals surface area contributed by atoms with Gasteiger partial charge in [-0.15, -0.1) is 0 Å². The third-order valence-electron chi connectivity index (χ3n) is 2.08. The molecular weight excluding hydrogens is 184 g/mol. The van der Waals surface area contributed by atoms with E-state index in [0.29, 0.717) is 0 Å². The fourth-order valence-electron chi connectivity index (χ4n) is 1.00. The van der Waals surface area contributed by atoms with Crippen molar-refractivity contribution in [2.24, 2.45) is 5.92 Å². The molecule has 1 unspecified atom stereocenters. The maximum Gasteiger partial charge on any atom is 0.254 e. The third kappa shape index (κ3) is 1.56. The third-order valence-corrected chi connectivity index (χ3v) is 2.08. The molecule has 0 saturated carbocycles. The molecule has 0 aromatic carbocycles. The second-order valence-electron chi connectivity index (χ2n) is 3.27. The summed E-state index contributed by atoms with van der Waals surface area (Å²) in [5, 5.41) is 22.3. The predicted octanol–water partition coefficient (Wildman–Crippen LogP) is 1.05. The van der Waals surface area contributed by atoms with E-state index in [-0.39, 0.29) is 17.6 Å². The zero-order valence-corrected chi connectivity index (χ0v) is 8.31. The molecular formula is C9H12N2O3. The fraction of sp³-hybridized carbons (Fsp3) is 0.556. The van der Waals surface area contributed by atoms with Crippen LogP contribution in [0.3, 0.4) is 0 Å². The molecule has 1 rings (SSSR count). The average molecular weight is 196 g/mol. The summed E-state index contributed by atoms with van der Waals surface area (Å²) in [6.45, 7) is 3.44. The number of hydrogen-bond donors (Lipinski definition) is 1. The minimum atomic E-state index is -1.65. The van der Waals surface area contributed by atoms with Crippen molar-refractivity contribution < 1.29 is 14.4 Å². The number of methoxy groups -OCH3 is 1. The molecule has 5 nitrogen and oxygen atoms in total. The zero-order chi connectivity index (χ0) is 10.8. The van der Waals surface area contributed by atoms with Crippen LogP contribution in [0.25, 0.3) is 0 Å². The van der Waals surface area contributed by atoms with Crippen molar-refractivity contribution in [1.82, 2.24) is 5.16 Å². The maximum atomic E-state index is 9.93. The van der Waals surface area contributed by atoms with Gasteiger partial charge < -0.3 is 14.4 Å². The molecule has 0 fully saturated rings. The standard InChI is InChI=1S/C9H12N2O3/c1-6(2)9(12,5-10)7-4-8(13-3)11-14-7/h4,6,12H,1-3H3. The van der Waals surface area contributed by atoms with Gasteiger partial charge in [-0.1, -0.05) is 13.8 Å². The lowest BCUT2D eigenvalue weighted by Gasteiger charge is -2.20. The van der Waals surface area contributed by atoms with Gasteiger partial charge in [-0.3, -0.25) is 0 Å². The van der Waals surface area contributed by atoms with Gasteiger partial charge in [-0.2, -0.15) is 5.26 Å². The highest BCUT2D eigenvalue weighted by Gasteiger charge is 2.37. The molecule has 76 valence electrons. The molecule has 0 spiro atoms. The molecule has 1 aromatic heterocycles. The van der Waals surface area contributed by atoms with Gasteiger partial charge >= 0.3 is 0 Å². The Balaban J connectivity index is 3.08. The van der Waals surface area contributed by atoms with Gasteiger partial charge in [0.2, 0.25) is 5.60 Å². The number of aliphatic hydroxyl groups is 1. The van der Waals surface area contributed by atoms with Crippen molar-refractivity contribution in [2.45, 2.75) is 19.4 Å². The van der Waals surface area contributed by atoms with Gasteiger partial charge in [-0.25, -0.2) is 0 Å². The molecule has 1 aromatic rings. The number of nitrogens with zero attached hydrogens (tertiary/aromatic N) is 2. The molecule has 5 heteroatoms. The van der Waals surface area contributed by atoms with Gasteiger partial charge in [0.15, 0.2) is 5.76 Å². The van der Waals surface area contributed by atoms with Crippen LogP contribution in [-0.2, 0) is 5.60 Å². The molecule has 0 aliphatic rings. The Bertz CT molecular complexity index is 353. The van der Waals surface area contributed by atoms with E-state index in [1.807, 2.05) is 0 Å². The van der Waals surface area contributed by atoms with Crippen molar-refractivity contribution in [1.29, 1.82) is 5.26 Å². The van der Waals surface area contributed by atoms with Crippen LogP contribution < -0.4 is 4.74 Å². The summed E-state index contributed by atoms with van der Waals surface area (Å²) in [6.07, 6.45) is 0. The van der Waals surface area contributed by atoms with Crippen LogP contribution >= 0.6 is 0 Å². The maximum absolute atomic E-state index is 9.93. The number of ether oxygens (including phenoxy) is 1. The number of rotatable bonds is 3.